The van der Waals surface area contributed by atoms with E-state index < -0.39 is 0 Å². The van der Waals surface area contributed by atoms with Crippen LogP contribution in [-0.2, 0) is 0 Å². The molecule has 1 aromatic rings. The lowest BCUT2D eigenvalue weighted by atomic mass is 9.85. The van der Waals surface area contributed by atoms with E-state index in [1.807, 2.05) is 18.2 Å². The van der Waals surface area contributed by atoms with Gasteiger partial charge in [-0.05, 0) is 37.0 Å². The van der Waals surface area contributed by atoms with Crippen molar-refractivity contribution >= 4 is 34.5 Å². The molecule has 0 saturated heterocycles. The van der Waals surface area contributed by atoms with Crippen molar-refractivity contribution < 1.29 is 0 Å². The minimum Gasteiger partial charge on any atom is -0.389 e. The Morgan fingerprint density at radius 1 is 1.37 bits per heavy atom. The van der Waals surface area contributed by atoms with Gasteiger partial charge in [-0.3, -0.25) is 0 Å². The largest absolute Gasteiger partial charge is 0.389 e. The van der Waals surface area contributed by atoms with E-state index in [-0.39, 0.29) is 0 Å². The molecule has 2 rings (SSSR count). The SMILES string of the molecule is CC1CCCCC1N(C)c1ccc(C(N)=S)cc1Cl. The molecule has 104 valence electrons. The van der Waals surface area contributed by atoms with Gasteiger partial charge in [-0.25, -0.2) is 0 Å². The Kier molecular flexibility index (Phi) is 4.69. The number of thiocarbonyl (C=S) groups is 1. The topological polar surface area (TPSA) is 29.3 Å². The molecule has 0 aromatic heterocycles. The van der Waals surface area contributed by atoms with Crippen molar-refractivity contribution in [1.29, 1.82) is 0 Å². The van der Waals surface area contributed by atoms with Gasteiger partial charge in [-0.2, -0.15) is 0 Å². The van der Waals surface area contributed by atoms with Crippen molar-refractivity contribution in [2.75, 3.05) is 11.9 Å². The Morgan fingerprint density at radius 2 is 2.05 bits per heavy atom. The van der Waals surface area contributed by atoms with Crippen LogP contribution in [-0.4, -0.2) is 18.1 Å². The van der Waals surface area contributed by atoms with E-state index in [9.17, 15) is 0 Å². The molecule has 0 radical (unpaired) electrons. The quantitative estimate of drug-likeness (QED) is 0.855. The van der Waals surface area contributed by atoms with Gasteiger partial charge in [0.25, 0.3) is 0 Å². The van der Waals surface area contributed by atoms with Crippen molar-refractivity contribution in [1.82, 2.24) is 0 Å². The molecule has 0 amide bonds. The molecule has 2 unspecified atom stereocenters. The Bertz CT molecular complexity index is 475. The molecule has 1 aromatic carbocycles. The van der Waals surface area contributed by atoms with E-state index in [0.29, 0.717) is 16.9 Å². The highest BCUT2D eigenvalue weighted by atomic mass is 35.5. The first-order chi connectivity index (χ1) is 9.00. The molecule has 1 saturated carbocycles. The van der Waals surface area contributed by atoms with Gasteiger partial charge >= 0.3 is 0 Å². The van der Waals surface area contributed by atoms with E-state index in [0.717, 1.165) is 16.3 Å². The van der Waals surface area contributed by atoms with Crippen LogP contribution in [0.4, 0.5) is 5.69 Å². The van der Waals surface area contributed by atoms with E-state index >= 15 is 0 Å². The van der Waals surface area contributed by atoms with Crippen molar-refractivity contribution in [3.05, 3.63) is 28.8 Å². The number of rotatable bonds is 3. The molecular weight excluding hydrogens is 276 g/mol. The first kappa shape index (κ1) is 14.6. The lowest BCUT2D eigenvalue weighted by Gasteiger charge is -2.38. The summed E-state index contributed by atoms with van der Waals surface area (Å²) in [7, 11) is 2.13. The van der Waals surface area contributed by atoms with Crippen LogP contribution < -0.4 is 10.6 Å². The highest BCUT2D eigenvalue weighted by Crippen LogP contribution is 2.34. The first-order valence-corrected chi connectivity index (χ1v) is 7.61. The van der Waals surface area contributed by atoms with Crippen LogP contribution in [0, 0.1) is 5.92 Å². The number of benzene rings is 1. The predicted octanol–water partition coefficient (Wildman–Crippen LogP) is 3.99. The molecule has 2 N–H and O–H groups in total. The van der Waals surface area contributed by atoms with Gasteiger partial charge in [0, 0.05) is 18.7 Å². The fourth-order valence-corrected chi connectivity index (χ4v) is 3.44. The third kappa shape index (κ3) is 3.21. The Labute approximate surface area is 125 Å². The minimum atomic E-state index is 0.391. The third-order valence-electron chi connectivity index (χ3n) is 4.18. The standard InChI is InChI=1S/C15H21ClN2S/c1-10-5-3-4-6-13(10)18(2)14-8-7-11(15(17)19)9-12(14)16/h7-10,13H,3-6H2,1-2H3,(H2,17,19). The van der Waals surface area contributed by atoms with Gasteiger partial charge in [0.15, 0.2) is 0 Å². The summed E-state index contributed by atoms with van der Waals surface area (Å²) in [6.07, 6.45) is 5.20. The lowest BCUT2D eigenvalue weighted by molar-refractivity contribution is 0.321. The van der Waals surface area contributed by atoms with Gasteiger partial charge < -0.3 is 10.6 Å². The van der Waals surface area contributed by atoms with Crippen LogP contribution in [0.15, 0.2) is 18.2 Å². The van der Waals surface area contributed by atoms with Gasteiger partial charge in [-0.15, -0.1) is 0 Å². The fraction of sp³-hybridized carbons (Fsp3) is 0.533. The van der Waals surface area contributed by atoms with Crippen LogP contribution in [0.2, 0.25) is 5.02 Å². The summed E-state index contributed by atoms with van der Waals surface area (Å²) in [5, 5.41) is 0.727. The monoisotopic (exact) mass is 296 g/mol. The lowest BCUT2D eigenvalue weighted by Crippen LogP contribution is -2.39. The second-order valence-electron chi connectivity index (χ2n) is 5.47. The average Bonchev–Trinajstić information content (AvgIpc) is 2.38. The maximum atomic E-state index is 6.38. The molecule has 1 aliphatic carbocycles. The first-order valence-electron chi connectivity index (χ1n) is 6.83. The molecule has 19 heavy (non-hydrogen) atoms. The fourth-order valence-electron chi connectivity index (χ4n) is 3.00. The van der Waals surface area contributed by atoms with Crippen molar-refractivity contribution in [3.8, 4) is 0 Å². The van der Waals surface area contributed by atoms with Crippen LogP contribution in [0.3, 0.4) is 0 Å². The number of hydrogen-bond acceptors (Lipinski definition) is 2. The summed E-state index contributed by atoms with van der Waals surface area (Å²) in [5.74, 6) is 0.713. The minimum absolute atomic E-state index is 0.391. The highest BCUT2D eigenvalue weighted by Gasteiger charge is 2.26. The van der Waals surface area contributed by atoms with E-state index in [2.05, 4.69) is 18.9 Å². The second-order valence-corrected chi connectivity index (χ2v) is 6.32. The predicted molar refractivity (Wildman–Crippen MR) is 87.2 cm³/mol. The molecule has 0 aliphatic heterocycles. The smallest absolute Gasteiger partial charge is 0.104 e. The zero-order chi connectivity index (χ0) is 14.0. The van der Waals surface area contributed by atoms with Crippen LogP contribution in [0.1, 0.15) is 38.2 Å². The molecule has 2 nitrogen and oxygen atoms in total. The summed E-state index contributed by atoms with van der Waals surface area (Å²) in [6.45, 7) is 2.33. The highest BCUT2D eigenvalue weighted by molar-refractivity contribution is 7.80. The molecular formula is C15H21ClN2S. The van der Waals surface area contributed by atoms with Gasteiger partial charge in [0.05, 0.1) is 10.7 Å². The molecule has 1 aliphatic rings. The van der Waals surface area contributed by atoms with Gasteiger partial charge in [0.1, 0.15) is 4.99 Å². The molecule has 0 heterocycles. The summed E-state index contributed by atoms with van der Waals surface area (Å²) >= 11 is 11.4. The van der Waals surface area contributed by atoms with E-state index in [1.165, 1.54) is 25.7 Å². The van der Waals surface area contributed by atoms with Crippen LogP contribution >= 0.6 is 23.8 Å². The number of halogens is 1. The normalized spacial score (nSPS) is 23.1. The van der Waals surface area contributed by atoms with Crippen LogP contribution in [0.5, 0.6) is 0 Å². The Hall–Kier alpha value is -0.800. The number of nitrogens with zero attached hydrogens (tertiary/aromatic N) is 1. The van der Waals surface area contributed by atoms with Crippen molar-refractivity contribution in [3.63, 3.8) is 0 Å². The Morgan fingerprint density at radius 3 is 2.63 bits per heavy atom. The molecule has 1 fully saturated rings. The third-order valence-corrected chi connectivity index (χ3v) is 4.71. The molecule has 0 bridgehead atoms. The zero-order valence-corrected chi connectivity index (χ0v) is 13.1. The number of hydrogen-bond donors (Lipinski definition) is 1. The zero-order valence-electron chi connectivity index (χ0n) is 11.5. The summed E-state index contributed by atoms with van der Waals surface area (Å²) in [5.41, 5.74) is 7.53. The molecule has 0 spiro atoms. The summed E-state index contributed by atoms with van der Waals surface area (Å²) in [6, 6.07) is 6.41. The van der Waals surface area contributed by atoms with Gasteiger partial charge in [-0.1, -0.05) is 43.6 Å². The van der Waals surface area contributed by atoms with Crippen LogP contribution in [0.25, 0.3) is 0 Å². The Balaban J connectivity index is 2.23. The van der Waals surface area contributed by atoms with E-state index in [1.54, 1.807) is 0 Å². The van der Waals surface area contributed by atoms with Crippen molar-refractivity contribution in [2.24, 2.45) is 11.7 Å². The summed E-state index contributed by atoms with van der Waals surface area (Å²) in [4.78, 5) is 2.71. The number of anilines is 1. The average molecular weight is 297 g/mol. The number of nitrogens with two attached hydrogens (primary N) is 1. The summed E-state index contributed by atoms with van der Waals surface area (Å²) < 4.78 is 0. The van der Waals surface area contributed by atoms with Gasteiger partial charge in [0.2, 0.25) is 0 Å². The maximum Gasteiger partial charge on any atom is 0.104 e. The maximum absolute atomic E-state index is 6.38. The van der Waals surface area contributed by atoms with Crippen molar-refractivity contribution in [2.45, 2.75) is 38.6 Å². The molecule has 4 heteroatoms. The van der Waals surface area contributed by atoms with E-state index in [4.69, 9.17) is 29.6 Å². The molecule has 2 atom stereocenters. The second kappa shape index (κ2) is 6.10.